The number of halogens is 1. The van der Waals surface area contributed by atoms with E-state index in [9.17, 15) is 4.79 Å². The summed E-state index contributed by atoms with van der Waals surface area (Å²) in [6.45, 7) is 3.92. The topological polar surface area (TPSA) is 46.0 Å². The molecule has 0 radical (unpaired) electrons. The Morgan fingerprint density at radius 3 is 2.44 bits per heavy atom. The summed E-state index contributed by atoms with van der Waals surface area (Å²) in [5, 5.41) is 3.55. The van der Waals surface area contributed by atoms with Crippen LogP contribution in [0.4, 0.5) is 5.69 Å². The molecular weight excluding hydrogens is 362 g/mol. The number of quaternary nitrogens is 1. The molecule has 0 bridgehead atoms. The summed E-state index contributed by atoms with van der Waals surface area (Å²) in [7, 11) is 4.06. The Morgan fingerprint density at radius 1 is 1.15 bits per heavy atom. The summed E-state index contributed by atoms with van der Waals surface area (Å²) in [4.78, 5) is 16.1. The van der Waals surface area contributed by atoms with Crippen molar-refractivity contribution < 1.29 is 14.4 Å². The van der Waals surface area contributed by atoms with Gasteiger partial charge >= 0.3 is 0 Å². The summed E-state index contributed by atoms with van der Waals surface area (Å²) in [6.07, 6.45) is 0. The van der Waals surface area contributed by atoms with E-state index in [0.717, 1.165) is 32.0 Å². The first-order valence-electron chi connectivity index (χ1n) is 9.28. The van der Waals surface area contributed by atoms with Crippen molar-refractivity contribution in [3.63, 3.8) is 0 Å². The third-order valence-electron chi connectivity index (χ3n) is 5.02. The van der Waals surface area contributed by atoms with Gasteiger partial charge in [-0.25, -0.2) is 0 Å². The molecule has 1 aliphatic heterocycles. The summed E-state index contributed by atoms with van der Waals surface area (Å²) in [5.41, 5.74) is 2.89. The molecule has 1 aliphatic rings. The minimum absolute atomic E-state index is 0.136. The van der Waals surface area contributed by atoms with Crippen LogP contribution in [0.15, 0.2) is 48.5 Å². The summed E-state index contributed by atoms with van der Waals surface area (Å²) in [6, 6.07) is 15.9. The van der Waals surface area contributed by atoms with Gasteiger partial charge in [-0.2, -0.15) is 0 Å². The van der Waals surface area contributed by atoms with Gasteiger partial charge in [0.25, 0.3) is 5.91 Å². The van der Waals surface area contributed by atoms with Crippen LogP contribution in [0.5, 0.6) is 0 Å². The van der Waals surface area contributed by atoms with E-state index in [-0.39, 0.29) is 11.9 Å². The van der Waals surface area contributed by atoms with Crippen molar-refractivity contribution in [2.75, 3.05) is 51.8 Å². The molecule has 6 heteroatoms. The molecule has 0 unspecified atom stereocenters. The number of hydrogen-bond donors (Lipinski definition) is 2. The molecule has 2 aromatic carbocycles. The molecule has 1 fully saturated rings. The van der Waals surface area contributed by atoms with Crippen LogP contribution in [0.1, 0.15) is 22.0 Å². The van der Waals surface area contributed by atoms with Crippen molar-refractivity contribution in [1.29, 1.82) is 0 Å². The van der Waals surface area contributed by atoms with Crippen LogP contribution in [-0.2, 0) is 4.74 Å². The van der Waals surface area contributed by atoms with E-state index in [1.165, 1.54) is 10.5 Å². The molecule has 3 rings (SSSR count). The van der Waals surface area contributed by atoms with Crippen LogP contribution in [0.3, 0.4) is 0 Å². The SMILES string of the molecule is CN(C)c1ccc([C@@H](CNC(=O)c2ccccc2Cl)[NH+]2CCOCC2)cc1. The fourth-order valence-corrected chi connectivity index (χ4v) is 3.64. The van der Waals surface area contributed by atoms with Crippen LogP contribution in [0.2, 0.25) is 5.02 Å². The minimum atomic E-state index is -0.136. The van der Waals surface area contributed by atoms with Crippen molar-refractivity contribution >= 4 is 23.2 Å². The fourth-order valence-electron chi connectivity index (χ4n) is 3.42. The number of nitrogens with zero attached hydrogens (tertiary/aromatic N) is 1. The minimum Gasteiger partial charge on any atom is -0.378 e. The van der Waals surface area contributed by atoms with Crippen LogP contribution in [0, 0.1) is 0 Å². The Bertz CT molecular complexity index is 758. The lowest BCUT2D eigenvalue weighted by molar-refractivity contribution is -0.937. The average Bonchev–Trinajstić information content (AvgIpc) is 2.69. The van der Waals surface area contributed by atoms with Gasteiger partial charge in [0.2, 0.25) is 0 Å². The Hall–Kier alpha value is -2.08. The molecule has 0 saturated carbocycles. The van der Waals surface area contributed by atoms with Crippen molar-refractivity contribution in [3.05, 3.63) is 64.7 Å². The maximum absolute atomic E-state index is 12.6. The predicted molar refractivity (Wildman–Crippen MR) is 109 cm³/mol. The van der Waals surface area contributed by atoms with Gasteiger partial charge in [-0.3, -0.25) is 4.79 Å². The molecule has 0 spiro atoms. The number of amides is 1. The zero-order valence-corrected chi connectivity index (χ0v) is 16.6. The van der Waals surface area contributed by atoms with E-state index in [4.69, 9.17) is 16.3 Å². The highest BCUT2D eigenvalue weighted by atomic mass is 35.5. The molecule has 0 aliphatic carbocycles. The fraction of sp³-hybridized carbons (Fsp3) is 0.381. The van der Waals surface area contributed by atoms with E-state index >= 15 is 0 Å². The largest absolute Gasteiger partial charge is 0.378 e. The Balaban J connectivity index is 1.75. The summed E-state index contributed by atoms with van der Waals surface area (Å²) in [5.74, 6) is -0.136. The van der Waals surface area contributed by atoms with Crippen LogP contribution < -0.4 is 15.1 Å². The quantitative estimate of drug-likeness (QED) is 0.793. The third kappa shape index (κ3) is 5.01. The normalized spacial score (nSPS) is 16.0. The van der Waals surface area contributed by atoms with Crippen molar-refractivity contribution in [2.45, 2.75) is 6.04 Å². The lowest BCUT2D eigenvalue weighted by Gasteiger charge is -2.32. The molecule has 144 valence electrons. The molecule has 27 heavy (non-hydrogen) atoms. The number of benzene rings is 2. The number of carbonyl (C=O) groups excluding carboxylic acids is 1. The van der Waals surface area contributed by atoms with E-state index < -0.39 is 0 Å². The van der Waals surface area contributed by atoms with Gasteiger partial charge in [0.15, 0.2) is 0 Å². The molecular formula is C21H27ClN3O2+. The Labute approximate surface area is 165 Å². The van der Waals surface area contributed by atoms with Gasteiger partial charge in [0.1, 0.15) is 19.1 Å². The van der Waals surface area contributed by atoms with Gasteiger partial charge < -0.3 is 19.9 Å². The Kier molecular flexibility index (Phi) is 6.72. The van der Waals surface area contributed by atoms with Gasteiger partial charge in [-0.1, -0.05) is 35.9 Å². The lowest BCUT2D eigenvalue weighted by Crippen LogP contribution is -3.15. The number of carbonyl (C=O) groups is 1. The average molecular weight is 389 g/mol. The second-order valence-corrected chi connectivity index (χ2v) is 7.41. The van der Waals surface area contributed by atoms with Crippen molar-refractivity contribution in [2.24, 2.45) is 0 Å². The summed E-state index contributed by atoms with van der Waals surface area (Å²) >= 11 is 6.16. The first-order chi connectivity index (χ1) is 13.1. The van der Waals surface area contributed by atoms with Gasteiger partial charge in [0.05, 0.1) is 30.3 Å². The molecule has 1 heterocycles. The standard InChI is InChI=1S/C21H26ClN3O2/c1-24(2)17-9-7-16(8-10-17)20(25-11-13-27-14-12-25)15-23-21(26)18-5-3-4-6-19(18)22/h3-10,20H,11-15H2,1-2H3,(H,23,26)/p+1/t20-/m1/s1. The van der Waals surface area contributed by atoms with Gasteiger partial charge in [-0.05, 0) is 24.3 Å². The smallest absolute Gasteiger partial charge is 0.253 e. The molecule has 0 aromatic heterocycles. The van der Waals surface area contributed by atoms with Crippen LogP contribution in [-0.4, -0.2) is 52.9 Å². The molecule has 1 saturated heterocycles. The molecule has 5 nitrogen and oxygen atoms in total. The predicted octanol–water partition coefficient (Wildman–Crippen LogP) is 1.79. The number of hydrogen-bond acceptors (Lipinski definition) is 3. The zero-order valence-electron chi connectivity index (χ0n) is 15.9. The number of rotatable bonds is 6. The Morgan fingerprint density at radius 2 is 1.81 bits per heavy atom. The maximum atomic E-state index is 12.6. The van der Waals surface area contributed by atoms with Gasteiger partial charge in [-0.15, -0.1) is 0 Å². The van der Waals surface area contributed by atoms with E-state index in [0.29, 0.717) is 17.1 Å². The van der Waals surface area contributed by atoms with E-state index in [1.54, 1.807) is 12.1 Å². The maximum Gasteiger partial charge on any atom is 0.253 e. The van der Waals surface area contributed by atoms with Crippen molar-refractivity contribution in [3.8, 4) is 0 Å². The zero-order chi connectivity index (χ0) is 19.2. The molecule has 1 atom stereocenters. The van der Waals surface area contributed by atoms with E-state index in [2.05, 4.69) is 34.5 Å². The summed E-state index contributed by atoms with van der Waals surface area (Å²) < 4.78 is 5.51. The van der Waals surface area contributed by atoms with Crippen LogP contribution in [0.25, 0.3) is 0 Å². The highest BCUT2D eigenvalue weighted by Crippen LogP contribution is 2.18. The highest BCUT2D eigenvalue weighted by molar-refractivity contribution is 6.33. The van der Waals surface area contributed by atoms with Gasteiger partial charge in [0, 0.05) is 25.3 Å². The molecule has 1 amide bonds. The second-order valence-electron chi connectivity index (χ2n) is 7.00. The number of nitrogens with one attached hydrogen (secondary N) is 2. The second kappa shape index (κ2) is 9.22. The van der Waals surface area contributed by atoms with Crippen molar-refractivity contribution in [1.82, 2.24) is 5.32 Å². The molecule has 2 N–H and O–H groups in total. The monoisotopic (exact) mass is 388 g/mol. The number of ether oxygens (including phenoxy) is 1. The van der Waals surface area contributed by atoms with Crippen LogP contribution >= 0.6 is 11.6 Å². The van der Waals surface area contributed by atoms with E-state index in [1.807, 2.05) is 26.2 Å². The number of morpholine rings is 1. The first-order valence-corrected chi connectivity index (χ1v) is 9.66. The molecule has 2 aromatic rings. The lowest BCUT2D eigenvalue weighted by atomic mass is 10.0. The number of anilines is 1. The third-order valence-corrected chi connectivity index (χ3v) is 5.35. The highest BCUT2D eigenvalue weighted by Gasteiger charge is 2.27. The first kappa shape index (κ1) is 19.7.